The lowest BCUT2D eigenvalue weighted by Gasteiger charge is -1.79. The van der Waals surface area contributed by atoms with Crippen LogP contribution in [0.3, 0.4) is 0 Å². The molecule has 2 nitrogen and oxygen atoms in total. The van der Waals surface area contributed by atoms with E-state index >= 15 is 0 Å². The Kier molecular flexibility index (Phi) is 1.91. The molecule has 1 aliphatic heterocycles. The summed E-state index contributed by atoms with van der Waals surface area (Å²) in [5, 5.41) is 3.78. The Morgan fingerprint density at radius 1 is 1.70 bits per heavy atom. The molecule has 0 aliphatic carbocycles. The topological polar surface area (TPSA) is 31.2 Å². The van der Waals surface area contributed by atoms with Gasteiger partial charge in [0.15, 0.2) is 6.29 Å². The van der Waals surface area contributed by atoms with E-state index in [1.807, 2.05) is 0 Å². The lowest BCUT2D eigenvalue weighted by molar-refractivity contribution is -0.105. The SMILES string of the molecule is CC#CC1=C[N]C(C=O)=C1. The van der Waals surface area contributed by atoms with Crippen molar-refractivity contribution in [3.63, 3.8) is 0 Å². The molecule has 0 aromatic carbocycles. The van der Waals surface area contributed by atoms with Crippen molar-refractivity contribution in [1.82, 2.24) is 5.32 Å². The Bertz CT molecular complexity index is 263. The molecule has 0 aromatic heterocycles. The van der Waals surface area contributed by atoms with Crippen LogP contribution in [0, 0.1) is 11.8 Å². The van der Waals surface area contributed by atoms with Crippen molar-refractivity contribution in [2.24, 2.45) is 0 Å². The minimum atomic E-state index is 0.442. The van der Waals surface area contributed by atoms with E-state index in [1.54, 1.807) is 19.2 Å². The zero-order valence-electron chi connectivity index (χ0n) is 5.59. The van der Waals surface area contributed by atoms with Gasteiger partial charge in [-0.3, -0.25) is 10.1 Å². The van der Waals surface area contributed by atoms with Crippen molar-refractivity contribution in [3.05, 3.63) is 23.5 Å². The van der Waals surface area contributed by atoms with Crippen LogP contribution in [0.15, 0.2) is 23.5 Å². The summed E-state index contributed by atoms with van der Waals surface area (Å²) in [5.41, 5.74) is 1.24. The fourth-order valence-corrected chi connectivity index (χ4v) is 0.655. The first-order valence-electron chi connectivity index (χ1n) is 2.87. The molecule has 2 heteroatoms. The second-order valence-corrected chi connectivity index (χ2v) is 1.78. The molecule has 0 bridgehead atoms. The Hall–Kier alpha value is -1.49. The quantitative estimate of drug-likeness (QED) is 0.379. The molecule has 0 aromatic rings. The lowest BCUT2D eigenvalue weighted by Crippen LogP contribution is -1.90. The number of carbonyl (C=O) groups excluding carboxylic acids is 1. The second-order valence-electron chi connectivity index (χ2n) is 1.78. The standard InChI is InChI=1S/C8H6NO/c1-2-3-7-4-8(6-10)9-5-7/h4-6H,1H3. The van der Waals surface area contributed by atoms with Crippen LogP contribution in [0.4, 0.5) is 0 Å². The minimum absolute atomic E-state index is 0.442. The molecule has 1 heterocycles. The highest BCUT2D eigenvalue weighted by Crippen LogP contribution is 2.05. The number of aldehydes is 1. The number of allylic oxidation sites excluding steroid dienone is 3. The van der Waals surface area contributed by atoms with Gasteiger partial charge >= 0.3 is 0 Å². The second kappa shape index (κ2) is 2.88. The van der Waals surface area contributed by atoms with Crippen LogP contribution >= 0.6 is 0 Å². The molecule has 0 N–H and O–H groups in total. The Labute approximate surface area is 59.6 Å². The maximum absolute atomic E-state index is 10.1. The van der Waals surface area contributed by atoms with Gasteiger partial charge in [0.1, 0.15) is 5.70 Å². The lowest BCUT2D eigenvalue weighted by atomic mass is 10.3. The molecule has 0 fully saturated rings. The zero-order valence-corrected chi connectivity index (χ0v) is 5.59. The first-order valence-corrected chi connectivity index (χ1v) is 2.87. The highest BCUT2D eigenvalue weighted by molar-refractivity contribution is 5.76. The van der Waals surface area contributed by atoms with Gasteiger partial charge in [0.2, 0.25) is 0 Å². The molecule has 49 valence electrons. The normalized spacial score (nSPS) is 14.1. The monoisotopic (exact) mass is 132 g/mol. The number of nitrogens with zero attached hydrogens (tertiary/aromatic N) is 1. The molecule has 0 saturated heterocycles. The van der Waals surface area contributed by atoms with Gasteiger partial charge in [-0.25, -0.2) is 0 Å². The molecule has 0 amide bonds. The summed E-state index contributed by atoms with van der Waals surface area (Å²) in [4.78, 5) is 10.1. The predicted octanol–water partition coefficient (Wildman–Crippen LogP) is 0.594. The first-order chi connectivity index (χ1) is 4.86. The summed E-state index contributed by atoms with van der Waals surface area (Å²) >= 11 is 0. The third-order valence-corrected chi connectivity index (χ3v) is 1.05. The van der Waals surface area contributed by atoms with Crippen LogP contribution in [-0.4, -0.2) is 6.29 Å². The van der Waals surface area contributed by atoms with Crippen LogP contribution in [0.25, 0.3) is 0 Å². The Morgan fingerprint density at radius 2 is 2.50 bits per heavy atom. The van der Waals surface area contributed by atoms with Crippen LogP contribution in [0.1, 0.15) is 6.92 Å². The maximum Gasteiger partial charge on any atom is 0.168 e. The third-order valence-electron chi connectivity index (χ3n) is 1.05. The smallest absolute Gasteiger partial charge is 0.168 e. The molecule has 0 spiro atoms. The molecule has 1 radical (unpaired) electrons. The molecular weight excluding hydrogens is 126 g/mol. The predicted molar refractivity (Wildman–Crippen MR) is 37.8 cm³/mol. The van der Waals surface area contributed by atoms with Crippen LogP contribution < -0.4 is 5.32 Å². The maximum atomic E-state index is 10.1. The van der Waals surface area contributed by atoms with Gasteiger partial charge in [0.05, 0.1) is 0 Å². The van der Waals surface area contributed by atoms with E-state index in [0.29, 0.717) is 12.0 Å². The van der Waals surface area contributed by atoms with Crippen LogP contribution in [0.5, 0.6) is 0 Å². The number of hydrogen-bond donors (Lipinski definition) is 0. The van der Waals surface area contributed by atoms with Gasteiger partial charge < -0.3 is 0 Å². The third kappa shape index (κ3) is 1.26. The van der Waals surface area contributed by atoms with E-state index < -0.39 is 0 Å². The van der Waals surface area contributed by atoms with Crippen molar-refractivity contribution in [2.45, 2.75) is 6.92 Å². The molecule has 10 heavy (non-hydrogen) atoms. The zero-order chi connectivity index (χ0) is 7.40. The summed E-state index contributed by atoms with van der Waals surface area (Å²) in [6.07, 6.45) is 3.95. The summed E-state index contributed by atoms with van der Waals surface area (Å²) in [7, 11) is 0. The molecule has 0 saturated carbocycles. The van der Waals surface area contributed by atoms with Gasteiger partial charge in [0.25, 0.3) is 0 Å². The largest absolute Gasteiger partial charge is 0.296 e. The van der Waals surface area contributed by atoms with Crippen molar-refractivity contribution in [2.75, 3.05) is 0 Å². The summed E-state index contributed by atoms with van der Waals surface area (Å²) in [5.74, 6) is 5.51. The van der Waals surface area contributed by atoms with E-state index in [0.717, 1.165) is 5.57 Å². The molecular formula is C8H6NO. The molecule has 1 rings (SSSR count). The fourth-order valence-electron chi connectivity index (χ4n) is 0.655. The van der Waals surface area contributed by atoms with Gasteiger partial charge in [-0.15, -0.1) is 5.92 Å². The highest BCUT2D eigenvalue weighted by Gasteiger charge is 2.02. The van der Waals surface area contributed by atoms with Gasteiger partial charge in [-0.05, 0) is 13.0 Å². The highest BCUT2D eigenvalue weighted by atomic mass is 16.1. The van der Waals surface area contributed by atoms with Gasteiger partial charge in [-0.2, -0.15) is 0 Å². The first kappa shape index (κ1) is 6.63. The van der Waals surface area contributed by atoms with E-state index in [1.165, 1.54) is 0 Å². The Morgan fingerprint density at radius 3 is 3.00 bits per heavy atom. The van der Waals surface area contributed by atoms with Crippen molar-refractivity contribution in [1.29, 1.82) is 0 Å². The Balaban J connectivity index is 2.73. The molecule has 0 atom stereocenters. The average molecular weight is 132 g/mol. The summed E-state index contributed by atoms with van der Waals surface area (Å²) < 4.78 is 0. The minimum Gasteiger partial charge on any atom is -0.296 e. The van der Waals surface area contributed by atoms with Gasteiger partial charge in [-0.1, -0.05) is 5.92 Å². The molecule has 0 unspecified atom stereocenters. The van der Waals surface area contributed by atoms with E-state index in [9.17, 15) is 4.79 Å². The fraction of sp³-hybridized carbons (Fsp3) is 0.125. The van der Waals surface area contributed by atoms with Crippen molar-refractivity contribution in [3.8, 4) is 11.8 Å². The van der Waals surface area contributed by atoms with Crippen LogP contribution in [-0.2, 0) is 4.79 Å². The number of carbonyl (C=O) groups is 1. The van der Waals surface area contributed by atoms with Crippen molar-refractivity contribution >= 4 is 6.29 Å². The number of hydrogen-bond acceptors (Lipinski definition) is 1. The van der Waals surface area contributed by atoms with E-state index in [4.69, 9.17) is 0 Å². The van der Waals surface area contributed by atoms with E-state index in [-0.39, 0.29) is 0 Å². The van der Waals surface area contributed by atoms with Gasteiger partial charge in [0, 0.05) is 11.8 Å². The van der Waals surface area contributed by atoms with Crippen molar-refractivity contribution < 1.29 is 4.79 Å². The summed E-state index contributed by atoms with van der Waals surface area (Å²) in [6, 6.07) is 0. The number of rotatable bonds is 1. The average Bonchev–Trinajstić information content (AvgIpc) is 2.37. The molecule has 1 aliphatic rings. The summed E-state index contributed by atoms with van der Waals surface area (Å²) in [6.45, 7) is 1.74. The van der Waals surface area contributed by atoms with Crippen LogP contribution in [0.2, 0.25) is 0 Å². The van der Waals surface area contributed by atoms with E-state index in [2.05, 4.69) is 17.2 Å².